The average molecular weight is 346 g/mol. The first-order chi connectivity index (χ1) is 11.2. The van der Waals surface area contributed by atoms with Crippen LogP contribution in [0.25, 0.3) is 11.3 Å². The molecule has 118 valence electrons. The number of carbonyl (C=O) groups is 1. The number of nitrogens with zero attached hydrogens (tertiary/aromatic N) is 2. The van der Waals surface area contributed by atoms with Crippen LogP contribution in [0.1, 0.15) is 11.0 Å². The first kappa shape index (κ1) is 15.6. The molecular formula is C15H14N4O2S2. The van der Waals surface area contributed by atoms with E-state index in [-0.39, 0.29) is 12.6 Å². The van der Waals surface area contributed by atoms with Gasteiger partial charge in [-0.2, -0.15) is 0 Å². The molecule has 8 heteroatoms. The van der Waals surface area contributed by atoms with Crippen LogP contribution in [0.15, 0.2) is 47.2 Å². The van der Waals surface area contributed by atoms with Crippen LogP contribution < -0.4 is 10.6 Å². The van der Waals surface area contributed by atoms with Gasteiger partial charge in [0.25, 0.3) is 0 Å². The van der Waals surface area contributed by atoms with Gasteiger partial charge in [-0.15, -0.1) is 16.4 Å². The highest BCUT2D eigenvalue weighted by molar-refractivity contribution is 7.10. The van der Waals surface area contributed by atoms with Gasteiger partial charge in [0, 0.05) is 21.5 Å². The Hall–Kier alpha value is -2.29. The van der Waals surface area contributed by atoms with Gasteiger partial charge in [-0.3, -0.25) is 0 Å². The zero-order valence-electron chi connectivity index (χ0n) is 12.0. The number of anilines is 1. The summed E-state index contributed by atoms with van der Waals surface area (Å²) in [7, 11) is 0. The SMILES string of the molecule is O=C(NC[C@H](O)c1cccs1)Nc1ccc(-c2csnn2)cc1. The number of carbonyl (C=O) groups excluding carboxylic acids is 1. The number of aliphatic hydroxyl groups is 1. The molecule has 1 aromatic carbocycles. The van der Waals surface area contributed by atoms with Crippen LogP contribution in [0.3, 0.4) is 0 Å². The highest BCUT2D eigenvalue weighted by Gasteiger charge is 2.10. The molecule has 0 aliphatic carbocycles. The first-order valence-corrected chi connectivity index (χ1v) is 8.58. The molecule has 23 heavy (non-hydrogen) atoms. The van der Waals surface area contributed by atoms with E-state index in [4.69, 9.17) is 0 Å². The largest absolute Gasteiger partial charge is 0.386 e. The van der Waals surface area contributed by atoms with Crippen molar-refractivity contribution in [2.75, 3.05) is 11.9 Å². The van der Waals surface area contributed by atoms with E-state index in [2.05, 4.69) is 20.2 Å². The van der Waals surface area contributed by atoms with Crippen LogP contribution in [-0.2, 0) is 0 Å². The van der Waals surface area contributed by atoms with Crippen LogP contribution >= 0.6 is 22.9 Å². The molecule has 0 aliphatic rings. The Kier molecular flexibility index (Phi) is 4.96. The minimum absolute atomic E-state index is 0.162. The molecule has 0 spiro atoms. The fraction of sp³-hybridized carbons (Fsp3) is 0.133. The molecule has 1 atom stereocenters. The van der Waals surface area contributed by atoms with Crippen LogP contribution in [-0.4, -0.2) is 27.3 Å². The summed E-state index contributed by atoms with van der Waals surface area (Å²) in [5.41, 5.74) is 2.42. The van der Waals surface area contributed by atoms with Crippen molar-refractivity contribution >= 4 is 34.6 Å². The molecule has 0 radical (unpaired) electrons. The summed E-state index contributed by atoms with van der Waals surface area (Å²) in [6, 6.07) is 10.7. The molecule has 2 amide bonds. The van der Waals surface area contributed by atoms with E-state index in [0.29, 0.717) is 5.69 Å². The standard InChI is InChI=1S/C15H14N4O2S2/c20-13(14-2-1-7-22-14)8-16-15(21)17-11-5-3-10(4-6-11)12-9-23-19-18-12/h1-7,9,13,20H,8H2,(H2,16,17,21)/t13-/m0/s1. The highest BCUT2D eigenvalue weighted by atomic mass is 32.1. The van der Waals surface area contributed by atoms with Gasteiger partial charge in [-0.1, -0.05) is 22.7 Å². The summed E-state index contributed by atoms with van der Waals surface area (Å²) in [6.45, 7) is 0.162. The topological polar surface area (TPSA) is 87.1 Å². The van der Waals surface area contributed by atoms with E-state index in [1.165, 1.54) is 22.9 Å². The predicted octanol–water partition coefficient (Wildman–Crippen LogP) is 3.12. The predicted molar refractivity (Wildman–Crippen MR) is 91.6 cm³/mol. The summed E-state index contributed by atoms with van der Waals surface area (Å²) in [5.74, 6) is 0. The van der Waals surface area contributed by atoms with E-state index in [1.807, 2.05) is 35.0 Å². The average Bonchev–Trinajstić information content (AvgIpc) is 3.26. The lowest BCUT2D eigenvalue weighted by Gasteiger charge is -2.11. The molecule has 3 N–H and O–H groups in total. The van der Waals surface area contributed by atoms with Gasteiger partial charge in [-0.25, -0.2) is 4.79 Å². The van der Waals surface area contributed by atoms with Crippen molar-refractivity contribution in [1.82, 2.24) is 14.9 Å². The summed E-state index contributed by atoms with van der Waals surface area (Å²) >= 11 is 2.75. The van der Waals surface area contributed by atoms with Crippen LogP contribution in [0.2, 0.25) is 0 Å². The second-order valence-corrected chi connectivity index (χ2v) is 6.32. The maximum atomic E-state index is 11.8. The number of rotatable bonds is 5. The van der Waals surface area contributed by atoms with Gasteiger partial charge in [0.1, 0.15) is 11.8 Å². The van der Waals surface area contributed by atoms with Crippen molar-refractivity contribution in [3.63, 3.8) is 0 Å². The van der Waals surface area contributed by atoms with E-state index < -0.39 is 6.10 Å². The lowest BCUT2D eigenvalue weighted by molar-refractivity contribution is 0.178. The Balaban J connectivity index is 1.51. The molecule has 3 aromatic rings. The summed E-state index contributed by atoms with van der Waals surface area (Å²) in [4.78, 5) is 12.7. The van der Waals surface area contributed by atoms with Crippen molar-refractivity contribution in [3.05, 3.63) is 52.0 Å². The molecule has 0 saturated carbocycles. The smallest absolute Gasteiger partial charge is 0.319 e. The molecule has 0 aliphatic heterocycles. The van der Waals surface area contributed by atoms with Crippen LogP contribution in [0, 0.1) is 0 Å². The van der Waals surface area contributed by atoms with Crippen LogP contribution in [0.5, 0.6) is 0 Å². The summed E-state index contributed by atoms with van der Waals surface area (Å²) < 4.78 is 3.82. The molecule has 2 heterocycles. The number of hydrogen-bond donors (Lipinski definition) is 3. The second kappa shape index (κ2) is 7.32. The van der Waals surface area contributed by atoms with Gasteiger partial charge in [0.05, 0.1) is 6.54 Å². The number of nitrogens with one attached hydrogen (secondary N) is 2. The van der Waals surface area contributed by atoms with Gasteiger partial charge >= 0.3 is 6.03 Å². The lowest BCUT2D eigenvalue weighted by Crippen LogP contribution is -2.32. The van der Waals surface area contributed by atoms with Crippen molar-refractivity contribution < 1.29 is 9.90 Å². The molecule has 2 aromatic heterocycles. The van der Waals surface area contributed by atoms with Crippen LogP contribution in [0.4, 0.5) is 10.5 Å². The normalized spacial score (nSPS) is 11.9. The molecule has 6 nitrogen and oxygen atoms in total. The van der Waals surface area contributed by atoms with Crippen molar-refractivity contribution in [2.24, 2.45) is 0 Å². The van der Waals surface area contributed by atoms with E-state index in [1.54, 1.807) is 12.1 Å². The quantitative estimate of drug-likeness (QED) is 0.662. The van der Waals surface area contributed by atoms with E-state index in [0.717, 1.165) is 16.1 Å². The van der Waals surface area contributed by atoms with E-state index >= 15 is 0 Å². The third-order valence-electron chi connectivity index (χ3n) is 3.13. The maximum absolute atomic E-state index is 11.8. The fourth-order valence-electron chi connectivity index (χ4n) is 1.96. The number of hydrogen-bond acceptors (Lipinski definition) is 6. The zero-order chi connectivity index (χ0) is 16.1. The Morgan fingerprint density at radius 3 is 2.74 bits per heavy atom. The Morgan fingerprint density at radius 1 is 1.26 bits per heavy atom. The number of aromatic nitrogens is 2. The highest BCUT2D eigenvalue weighted by Crippen LogP contribution is 2.20. The monoisotopic (exact) mass is 346 g/mol. The number of urea groups is 1. The third kappa shape index (κ3) is 4.13. The second-order valence-electron chi connectivity index (χ2n) is 4.73. The summed E-state index contributed by atoms with van der Waals surface area (Å²) in [6.07, 6.45) is -0.694. The van der Waals surface area contributed by atoms with E-state index in [9.17, 15) is 9.90 Å². The first-order valence-electron chi connectivity index (χ1n) is 6.86. The van der Waals surface area contributed by atoms with Crippen molar-refractivity contribution in [2.45, 2.75) is 6.10 Å². The molecular weight excluding hydrogens is 332 g/mol. The number of aliphatic hydroxyl groups excluding tert-OH is 1. The Morgan fingerprint density at radius 2 is 2.09 bits per heavy atom. The summed E-state index contributed by atoms with van der Waals surface area (Å²) in [5, 5.41) is 23.0. The van der Waals surface area contributed by atoms with Crippen molar-refractivity contribution in [1.29, 1.82) is 0 Å². The fourth-order valence-corrected chi connectivity index (χ4v) is 3.14. The minimum atomic E-state index is -0.694. The molecule has 0 fully saturated rings. The minimum Gasteiger partial charge on any atom is -0.386 e. The number of amides is 2. The molecule has 0 unspecified atom stereocenters. The Bertz CT molecular complexity index is 742. The number of benzene rings is 1. The Labute approximate surface area is 141 Å². The molecule has 0 bridgehead atoms. The number of thiophene rings is 1. The lowest BCUT2D eigenvalue weighted by atomic mass is 10.1. The van der Waals surface area contributed by atoms with Gasteiger partial charge in [-0.05, 0) is 35.1 Å². The molecule has 0 saturated heterocycles. The third-order valence-corrected chi connectivity index (χ3v) is 4.60. The molecule has 3 rings (SSSR count). The zero-order valence-corrected chi connectivity index (χ0v) is 13.6. The van der Waals surface area contributed by atoms with Gasteiger partial charge in [0.2, 0.25) is 0 Å². The van der Waals surface area contributed by atoms with Gasteiger partial charge < -0.3 is 15.7 Å². The van der Waals surface area contributed by atoms with Crippen molar-refractivity contribution in [3.8, 4) is 11.3 Å². The maximum Gasteiger partial charge on any atom is 0.319 e. The van der Waals surface area contributed by atoms with Gasteiger partial charge in [0.15, 0.2) is 0 Å².